The maximum Gasteiger partial charge on any atom is 0.160 e. The van der Waals surface area contributed by atoms with Gasteiger partial charge in [-0.05, 0) is 52.9 Å². The lowest BCUT2D eigenvalue weighted by Crippen LogP contribution is -1.97. The molecule has 0 spiro atoms. The van der Waals surface area contributed by atoms with Crippen molar-refractivity contribution in [3.05, 3.63) is 200 Å². The number of aromatic nitrogens is 5. The fourth-order valence-corrected chi connectivity index (χ4v) is 8.09. The predicted molar refractivity (Wildman–Crippen MR) is 234 cm³/mol. The van der Waals surface area contributed by atoms with Crippen molar-refractivity contribution in [3.8, 4) is 62.1 Å². The Hall–Kier alpha value is -7.76. The molecule has 0 aliphatic rings. The predicted octanol–water partition coefficient (Wildman–Crippen LogP) is 13.0. The normalized spacial score (nSPS) is 11.5. The van der Waals surface area contributed by atoms with Crippen LogP contribution in [0.25, 0.3) is 106 Å². The van der Waals surface area contributed by atoms with Crippen molar-refractivity contribution in [2.75, 3.05) is 0 Å². The van der Waals surface area contributed by atoms with Crippen molar-refractivity contribution in [1.82, 2.24) is 24.5 Å². The Kier molecular flexibility index (Phi) is 7.74. The Morgan fingerprint density at radius 1 is 0.333 bits per heavy atom. The second kappa shape index (κ2) is 13.5. The Morgan fingerprint density at radius 2 is 0.912 bits per heavy atom. The molecular weight excluding hydrogens is 695 g/mol. The molecule has 0 N–H and O–H groups in total. The number of benzene rings is 8. The van der Waals surface area contributed by atoms with Crippen LogP contribution in [0.3, 0.4) is 0 Å². The Balaban J connectivity index is 1.10. The molecular formula is C52H33N5. The molecule has 0 atom stereocenters. The van der Waals surface area contributed by atoms with Crippen molar-refractivity contribution >= 4 is 43.6 Å². The summed E-state index contributed by atoms with van der Waals surface area (Å²) in [6, 6.07) is 69.5. The third kappa shape index (κ3) is 5.64. The molecule has 0 aliphatic carbocycles. The minimum Gasteiger partial charge on any atom is -0.292 e. The highest BCUT2D eigenvalue weighted by atomic mass is 15.1. The molecule has 0 radical (unpaired) electrons. The van der Waals surface area contributed by atoms with Gasteiger partial charge in [0.05, 0.1) is 33.5 Å². The first-order valence-electron chi connectivity index (χ1n) is 19.1. The molecule has 0 aliphatic heterocycles. The van der Waals surface area contributed by atoms with E-state index in [-0.39, 0.29) is 0 Å². The van der Waals surface area contributed by atoms with Gasteiger partial charge in [-0.2, -0.15) is 0 Å². The summed E-state index contributed by atoms with van der Waals surface area (Å²) in [5, 5.41) is 4.25. The van der Waals surface area contributed by atoms with Gasteiger partial charge in [-0.1, -0.05) is 164 Å². The van der Waals surface area contributed by atoms with E-state index >= 15 is 0 Å². The van der Waals surface area contributed by atoms with Crippen LogP contribution >= 0.6 is 0 Å². The average Bonchev–Trinajstić information content (AvgIpc) is 3.69. The number of hydrogen-bond donors (Lipinski definition) is 0. The fraction of sp³-hybridized carbons (Fsp3) is 0. The summed E-state index contributed by atoms with van der Waals surface area (Å²) in [5.41, 5.74) is 12.9. The molecule has 0 bridgehead atoms. The van der Waals surface area contributed by atoms with E-state index < -0.39 is 0 Å². The maximum atomic E-state index is 5.45. The molecule has 3 aromatic heterocycles. The number of rotatable bonds is 6. The van der Waals surface area contributed by atoms with Crippen molar-refractivity contribution < 1.29 is 0 Å². The van der Waals surface area contributed by atoms with Gasteiger partial charge in [-0.15, -0.1) is 0 Å². The van der Waals surface area contributed by atoms with E-state index in [0.717, 1.165) is 99.9 Å². The van der Waals surface area contributed by atoms with Crippen LogP contribution in [-0.2, 0) is 0 Å². The van der Waals surface area contributed by atoms with E-state index in [2.05, 4.69) is 174 Å². The molecule has 5 nitrogen and oxygen atoms in total. The molecule has 11 rings (SSSR count). The third-order valence-electron chi connectivity index (χ3n) is 10.8. The first kappa shape index (κ1) is 32.7. The highest BCUT2D eigenvalue weighted by Gasteiger charge is 2.21. The molecule has 0 fully saturated rings. The number of fused-ring (bicyclic) bond motifs is 6. The van der Waals surface area contributed by atoms with Gasteiger partial charge in [-0.25, -0.2) is 19.9 Å². The topological polar surface area (TPSA) is 56.5 Å². The summed E-state index contributed by atoms with van der Waals surface area (Å²) in [4.78, 5) is 21.1. The van der Waals surface area contributed by atoms with Gasteiger partial charge < -0.3 is 0 Å². The molecule has 3 heterocycles. The molecule has 0 saturated heterocycles. The van der Waals surface area contributed by atoms with Gasteiger partial charge in [0.15, 0.2) is 5.82 Å². The lowest BCUT2D eigenvalue weighted by Gasteiger charge is -2.13. The van der Waals surface area contributed by atoms with Gasteiger partial charge in [0, 0.05) is 44.1 Å². The number of nitrogens with zero attached hydrogens (tertiary/aromatic N) is 5. The summed E-state index contributed by atoms with van der Waals surface area (Å²) in [5.74, 6) is 1.58. The van der Waals surface area contributed by atoms with E-state index in [1.165, 1.54) is 0 Å². The smallest absolute Gasteiger partial charge is 0.160 e. The van der Waals surface area contributed by atoms with E-state index in [1.807, 2.05) is 30.3 Å². The van der Waals surface area contributed by atoms with E-state index in [1.54, 1.807) is 0 Å². The molecule has 0 amide bonds. The van der Waals surface area contributed by atoms with Crippen LogP contribution in [0.4, 0.5) is 0 Å². The van der Waals surface area contributed by atoms with E-state index in [9.17, 15) is 0 Å². The quantitative estimate of drug-likeness (QED) is 0.160. The zero-order valence-corrected chi connectivity index (χ0v) is 30.8. The monoisotopic (exact) mass is 727 g/mol. The Labute approximate surface area is 329 Å². The van der Waals surface area contributed by atoms with Crippen LogP contribution in [0, 0.1) is 0 Å². The zero-order valence-electron chi connectivity index (χ0n) is 30.8. The SMILES string of the molecule is c1ccc(-c2cccc(-c3nc(-c4ccc(-c5nc6ccccc6c6ccc7c(nc(-c8ccccc8)n7-c7ccccc7)c56)cc4)c4ccccc4n3)c2)cc1. The van der Waals surface area contributed by atoms with Gasteiger partial charge >= 0.3 is 0 Å². The number of imidazole rings is 1. The fourth-order valence-electron chi connectivity index (χ4n) is 8.09. The van der Waals surface area contributed by atoms with E-state index in [4.69, 9.17) is 19.9 Å². The molecule has 0 saturated carbocycles. The Morgan fingerprint density at radius 3 is 1.65 bits per heavy atom. The number of para-hydroxylation sites is 3. The van der Waals surface area contributed by atoms with Crippen molar-refractivity contribution in [2.24, 2.45) is 0 Å². The van der Waals surface area contributed by atoms with Gasteiger partial charge in [0.1, 0.15) is 5.82 Å². The first-order valence-corrected chi connectivity index (χ1v) is 19.1. The van der Waals surface area contributed by atoms with E-state index in [0.29, 0.717) is 5.82 Å². The van der Waals surface area contributed by atoms with Crippen LogP contribution in [0.5, 0.6) is 0 Å². The summed E-state index contributed by atoms with van der Waals surface area (Å²) >= 11 is 0. The first-order chi connectivity index (χ1) is 28.3. The average molecular weight is 728 g/mol. The summed E-state index contributed by atoms with van der Waals surface area (Å²) < 4.78 is 2.26. The molecule has 266 valence electrons. The zero-order chi connectivity index (χ0) is 37.7. The van der Waals surface area contributed by atoms with Gasteiger partial charge in [0.25, 0.3) is 0 Å². The lowest BCUT2D eigenvalue weighted by atomic mass is 9.97. The molecule has 5 heteroatoms. The number of hydrogen-bond acceptors (Lipinski definition) is 4. The highest BCUT2D eigenvalue weighted by molar-refractivity contribution is 6.20. The number of pyridine rings is 1. The maximum absolute atomic E-state index is 5.45. The van der Waals surface area contributed by atoms with Gasteiger partial charge in [0.2, 0.25) is 0 Å². The minimum absolute atomic E-state index is 0.693. The third-order valence-corrected chi connectivity index (χ3v) is 10.8. The van der Waals surface area contributed by atoms with Crippen LogP contribution in [0.15, 0.2) is 200 Å². The summed E-state index contributed by atoms with van der Waals surface area (Å²) in [6.07, 6.45) is 0. The van der Waals surface area contributed by atoms with Crippen molar-refractivity contribution in [3.63, 3.8) is 0 Å². The summed E-state index contributed by atoms with van der Waals surface area (Å²) in [7, 11) is 0. The highest BCUT2D eigenvalue weighted by Crippen LogP contribution is 2.40. The molecule has 0 unspecified atom stereocenters. The van der Waals surface area contributed by atoms with Crippen LogP contribution < -0.4 is 0 Å². The summed E-state index contributed by atoms with van der Waals surface area (Å²) in [6.45, 7) is 0. The standard InChI is InChI=1S/C52H33N5/c1-4-15-34(16-5-1)38-19-14-20-39(33-38)51-54-45-26-13-11-24-43(45)48(55-51)35-27-29-36(30-28-35)49-47-42(41-23-10-12-25-44(41)53-49)31-32-46-50(47)56-52(37-17-6-2-7-18-37)57(46)40-21-8-3-9-22-40/h1-33H. The van der Waals surface area contributed by atoms with Crippen LogP contribution in [-0.4, -0.2) is 24.5 Å². The van der Waals surface area contributed by atoms with Crippen molar-refractivity contribution in [1.29, 1.82) is 0 Å². The van der Waals surface area contributed by atoms with Crippen LogP contribution in [0.2, 0.25) is 0 Å². The molecule has 11 aromatic rings. The molecule has 8 aromatic carbocycles. The van der Waals surface area contributed by atoms with Gasteiger partial charge in [-0.3, -0.25) is 4.57 Å². The van der Waals surface area contributed by atoms with Crippen LogP contribution in [0.1, 0.15) is 0 Å². The molecule has 57 heavy (non-hydrogen) atoms. The largest absolute Gasteiger partial charge is 0.292 e. The lowest BCUT2D eigenvalue weighted by molar-refractivity contribution is 1.10. The second-order valence-electron chi connectivity index (χ2n) is 14.2. The Bertz CT molecular complexity index is 3270. The second-order valence-corrected chi connectivity index (χ2v) is 14.2. The minimum atomic E-state index is 0.693. The van der Waals surface area contributed by atoms with Crippen molar-refractivity contribution in [2.45, 2.75) is 0 Å².